The first-order valence-electron chi connectivity index (χ1n) is 8.84. The fourth-order valence-corrected chi connectivity index (χ4v) is 4.62. The van der Waals surface area contributed by atoms with E-state index in [0.717, 1.165) is 15.1 Å². The van der Waals surface area contributed by atoms with Crippen molar-refractivity contribution < 1.29 is 23.1 Å². The highest BCUT2D eigenvalue weighted by Crippen LogP contribution is 2.30. The second-order valence-corrected chi connectivity index (χ2v) is 8.37. The zero-order valence-corrected chi connectivity index (χ0v) is 16.7. The van der Waals surface area contributed by atoms with Crippen LogP contribution in [0.5, 0.6) is 0 Å². The number of carboxylic acid groups (broad SMARTS) is 1. The van der Waals surface area contributed by atoms with Crippen LogP contribution in [0.3, 0.4) is 0 Å². The Kier molecular flexibility index (Phi) is 5.56. The van der Waals surface area contributed by atoms with Crippen LogP contribution in [-0.2, 0) is 19.6 Å². The first-order chi connectivity index (χ1) is 13.7. The molecule has 1 atom stereocenters. The van der Waals surface area contributed by atoms with Crippen LogP contribution in [-0.4, -0.2) is 31.4 Å². The number of carbonyl (C=O) groups is 2. The maximum absolute atomic E-state index is 13.3. The number of benzene rings is 3. The van der Waals surface area contributed by atoms with Crippen LogP contribution >= 0.6 is 0 Å². The molecule has 0 aliphatic heterocycles. The topological polar surface area (TPSA) is 104 Å². The molecule has 0 bridgehead atoms. The molecule has 0 saturated carbocycles. The molecule has 7 nitrogen and oxygen atoms in total. The monoisotopic (exact) mass is 412 g/mol. The lowest BCUT2D eigenvalue weighted by Gasteiger charge is -2.28. The zero-order valence-electron chi connectivity index (χ0n) is 15.9. The van der Waals surface area contributed by atoms with E-state index in [4.69, 9.17) is 0 Å². The Morgan fingerprint density at radius 3 is 2.17 bits per heavy atom. The number of hydrogen-bond acceptors (Lipinski definition) is 4. The van der Waals surface area contributed by atoms with Crippen molar-refractivity contribution in [3.63, 3.8) is 0 Å². The molecule has 1 amide bonds. The summed E-state index contributed by atoms with van der Waals surface area (Å²) in [6.07, 6.45) is 0. The summed E-state index contributed by atoms with van der Waals surface area (Å²) >= 11 is 0. The average molecular weight is 412 g/mol. The summed E-state index contributed by atoms with van der Waals surface area (Å²) < 4.78 is 27.5. The number of fused-ring (bicyclic) bond motifs is 1. The van der Waals surface area contributed by atoms with Gasteiger partial charge in [0.2, 0.25) is 5.91 Å². The molecular weight excluding hydrogens is 392 g/mol. The summed E-state index contributed by atoms with van der Waals surface area (Å²) in [6.45, 7) is 2.67. The van der Waals surface area contributed by atoms with E-state index in [1.54, 1.807) is 18.2 Å². The van der Waals surface area contributed by atoms with Gasteiger partial charge < -0.3 is 10.4 Å². The second-order valence-electron chi connectivity index (χ2n) is 6.55. The molecule has 0 spiro atoms. The Bertz CT molecular complexity index is 1170. The van der Waals surface area contributed by atoms with E-state index in [0.29, 0.717) is 5.69 Å². The van der Waals surface area contributed by atoms with Gasteiger partial charge in [-0.2, -0.15) is 0 Å². The van der Waals surface area contributed by atoms with Gasteiger partial charge in [-0.3, -0.25) is 9.10 Å². The zero-order chi connectivity index (χ0) is 21.2. The Morgan fingerprint density at radius 2 is 1.59 bits per heavy atom. The largest absolute Gasteiger partial charge is 0.480 e. The number of anilines is 2. The van der Waals surface area contributed by atoms with Crippen LogP contribution in [0.2, 0.25) is 0 Å². The van der Waals surface area contributed by atoms with Gasteiger partial charge in [-0.25, -0.2) is 13.2 Å². The molecule has 3 aromatic carbocycles. The van der Waals surface area contributed by atoms with Gasteiger partial charge in [0.05, 0.1) is 10.6 Å². The fraction of sp³-hybridized carbons (Fsp3) is 0.143. The molecule has 0 saturated heterocycles. The summed E-state index contributed by atoms with van der Waals surface area (Å²) in [4.78, 5) is 22.8. The van der Waals surface area contributed by atoms with E-state index in [1.807, 2.05) is 24.3 Å². The SMILES string of the molecule is CC(=O)Nc1ccc(S(=O)(=O)N(c2ccc3ccccc3c2)C(C)C(=O)O)cc1. The molecule has 0 aromatic heterocycles. The van der Waals surface area contributed by atoms with Crippen molar-refractivity contribution in [2.75, 3.05) is 9.62 Å². The normalized spacial score (nSPS) is 12.3. The molecule has 3 rings (SSSR count). The van der Waals surface area contributed by atoms with Crippen LogP contribution < -0.4 is 9.62 Å². The van der Waals surface area contributed by atoms with Crippen LogP contribution in [0.4, 0.5) is 11.4 Å². The molecule has 0 radical (unpaired) electrons. The van der Waals surface area contributed by atoms with Crippen molar-refractivity contribution in [1.82, 2.24) is 0 Å². The van der Waals surface area contributed by atoms with E-state index < -0.39 is 22.0 Å². The Hall–Kier alpha value is -3.39. The smallest absolute Gasteiger partial charge is 0.327 e. The molecule has 0 heterocycles. The molecule has 0 fully saturated rings. The number of nitrogens with zero attached hydrogens (tertiary/aromatic N) is 1. The number of rotatable bonds is 6. The van der Waals surface area contributed by atoms with E-state index in [9.17, 15) is 23.1 Å². The molecule has 2 N–H and O–H groups in total. The Morgan fingerprint density at radius 1 is 0.966 bits per heavy atom. The highest BCUT2D eigenvalue weighted by molar-refractivity contribution is 7.93. The van der Waals surface area contributed by atoms with Gasteiger partial charge in [0.25, 0.3) is 10.0 Å². The quantitative estimate of drug-likeness (QED) is 0.645. The van der Waals surface area contributed by atoms with Crippen LogP contribution in [0, 0.1) is 0 Å². The van der Waals surface area contributed by atoms with Crippen molar-refractivity contribution in [3.8, 4) is 0 Å². The first kappa shape index (κ1) is 20.3. The minimum absolute atomic E-state index is 0.0761. The Labute approximate surface area is 168 Å². The lowest BCUT2D eigenvalue weighted by Crippen LogP contribution is -2.43. The molecule has 150 valence electrons. The third-order valence-electron chi connectivity index (χ3n) is 4.43. The summed E-state index contributed by atoms with van der Waals surface area (Å²) in [6, 6.07) is 16.7. The highest BCUT2D eigenvalue weighted by atomic mass is 32.2. The number of aliphatic carboxylic acids is 1. The maximum Gasteiger partial charge on any atom is 0.327 e. The van der Waals surface area contributed by atoms with Gasteiger partial charge in [-0.05, 0) is 54.1 Å². The average Bonchev–Trinajstić information content (AvgIpc) is 2.67. The van der Waals surface area contributed by atoms with Gasteiger partial charge in [0.15, 0.2) is 0 Å². The number of amides is 1. The van der Waals surface area contributed by atoms with E-state index in [-0.39, 0.29) is 16.5 Å². The minimum Gasteiger partial charge on any atom is -0.480 e. The maximum atomic E-state index is 13.3. The van der Waals surface area contributed by atoms with Crippen LogP contribution in [0.1, 0.15) is 13.8 Å². The number of carboxylic acids is 1. The van der Waals surface area contributed by atoms with Gasteiger partial charge in [-0.1, -0.05) is 30.3 Å². The van der Waals surface area contributed by atoms with Crippen LogP contribution in [0.25, 0.3) is 10.8 Å². The highest BCUT2D eigenvalue weighted by Gasteiger charge is 2.33. The predicted molar refractivity (Wildman–Crippen MR) is 111 cm³/mol. The molecule has 29 heavy (non-hydrogen) atoms. The third-order valence-corrected chi connectivity index (χ3v) is 6.34. The van der Waals surface area contributed by atoms with E-state index >= 15 is 0 Å². The Balaban J connectivity index is 2.09. The lowest BCUT2D eigenvalue weighted by atomic mass is 10.1. The lowest BCUT2D eigenvalue weighted by molar-refractivity contribution is -0.137. The van der Waals surface area contributed by atoms with Crippen molar-refractivity contribution in [3.05, 3.63) is 66.7 Å². The number of sulfonamides is 1. The molecule has 0 aliphatic carbocycles. The molecular formula is C21H20N2O5S. The van der Waals surface area contributed by atoms with E-state index in [2.05, 4.69) is 5.32 Å². The molecule has 3 aromatic rings. The van der Waals surface area contributed by atoms with Crippen molar-refractivity contribution in [2.24, 2.45) is 0 Å². The molecule has 0 aliphatic rings. The third kappa shape index (κ3) is 4.22. The number of nitrogens with one attached hydrogen (secondary N) is 1. The van der Waals surface area contributed by atoms with Crippen molar-refractivity contribution >= 4 is 44.0 Å². The minimum atomic E-state index is -4.17. The summed E-state index contributed by atoms with van der Waals surface area (Å²) in [5, 5.41) is 13.8. The van der Waals surface area contributed by atoms with Gasteiger partial charge in [0.1, 0.15) is 6.04 Å². The van der Waals surface area contributed by atoms with Crippen molar-refractivity contribution in [2.45, 2.75) is 24.8 Å². The summed E-state index contributed by atoms with van der Waals surface area (Å²) in [5.74, 6) is -1.55. The van der Waals surface area contributed by atoms with Gasteiger partial charge in [0, 0.05) is 12.6 Å². The second kappa shape index (κ2) is 7.92. The standard InChI is InChI=1S/C21H20N2O5S/c1-14(21(25)26)23(19-10-7-16-5-3-4-6-17(16)13-19)29(27,28)20-11-8-18(9-12-20)22-15(2)24/h3-14H,1-2H3,(H,22,24)(H,25,26). The van der Waals surface area contributed by atoms with Crippen LogP contribution in [0.15, 0.2) is 71.6 Å². The summed E-state index contributed by atoms with van der Waals surface area (Å²) in [7, 11) is -4.17. The predicted octanol–water partition coefficient (Wildman–Crippen LogP) is 3.47. The van der Waals surface area contributed by atoms with Gasteiger partial charge in [-0.15, -0.1) is 0 Å². The first-order valence-corrected chi connectivity index (χ1v) is 10.3. The number of hydrogen-bond donors (Lipinski definition) is 2. The molecule has 8 heteroatoms. The van der Waals surface area contributed by atoms with Gasteiger partial charge >= 0.3 is 5.97 Å². The van der Waals surface area contributed by atoms with E-state index in [1.165, 1.54) is 38.1 Å². The fourth-order valence-electron chi connectivity index (χ4n) is 3.01. The molecule has 1 unspecified atom stereocenters. The summed E-state index contributed by atoms with van der Waals surface area (Å²) in [5.41, 5.74) is 0.699. The van der Waals surface area contributed by atoms with Crippen molar-refractivity contribution in [1.29, 1.82) is 0 Å². The number of carbonyl (C=O) groups excluding carboxylic acids is 1.